The molecular weight excluding hydrogens is 421 g/mol. The Morgan fingerprint density at radius 2 is 1.93 bits per heavy atom. The number of anilines is 2. The van der Waals surface area contributed by atoms with Gasteiger partial charge in [0.1, 0.15) is 11.4 Å². The molecule has 0 aliphatic carbocycles. The number of hydrogen-bond donors (Lipinski definition) is 2. The standard InChI is InChI=1S/C17H12FN5O4S2/c18-10-4-3-5-11(8-10)19-14(24)9-28-17-22-21-16(29-17)20-15(25)12-6-1-2-7-13(12)23(26)27/h1-8H,9H2,(H,19,24)(H,20,21,25). The molecular formula is C17H12FN5O4S2. The first kappa shape index (κ1) is 20.4. The lowest BCUT2D eigenvalue weighted by atomic mass is 10.1. The van der Waals surface area contributed by atoms with Gasteiger partial charge in [-0.3, -0.25) is 25.0 Å². The van der Waals surface area contributed by atoms with Crippen LogP contribution in [0.15, 0.2) is 52.9 Å². The van der Waals surface area contributed by atoms with Crippen molar-refractivity contribution in [1.29, 1.82) is 0 Å². The topological polar surface area (TPSA) is 127 Å². The van der Waals surface area contributed by atoms with Gasteiger partial charge in [0.05, 0.1) is 10.7 Å². The molecule has 0 aliphatic rings. The first-order valence-electron chi connectivity index (χ1n) is 7.99. The zero-order valence-corrected chi connectivity index (χ0v) is 16.1. The highest BCUT2D eigenvalue weighted by Gasteiger charge is 2.20. The second-order valence-electron chi connectivity index (χ2n) is 5.45. The Kier molecular flexibility index (Phi) is 6.46. The second-order valence-corrected chi connectivity index (χ2v) is 7.65. The maximum atomic E-state index is 13.1. The number of halogens is 1. The maximum absolute atomic E-state index is 13.1. The van der Waals surface area contributed by atoms with Crippen LogP contribution in [-0.4, -0.2) is 32.7 Å². The number of benzene rings is 2. The molecule has 9 nitrogen and oxygen atoms in total. The van der Waals surface area contributed by atoms with Crippen molar-refractivity contribution < 1.29 is 18.9 Å². The van der Waals surface area contributed by atoms with Crippen molar-refractivity contribution in [2.24, 2.45) is 0 Å². The molecule has 0 unspecified atom stereocenters. The third kappa shape index (κ3) is 5.56. The number of para-hydroxylation sites is 1. The van der Waals surface area contributed by atoms with Crippen LogP contribution in [0.25, 0.3) is 0 Å². The van der Waals surface area contributed by atoms with E-state index in [4.69, 9.17) is 0 Å². The van der Waals surface area contributed by atoms with Gasteiger partial charge in [-0.1, -0.05) is 41.3 Å². The van der Waals surface area contributed by atoms with Crippen LogP contribution in [-0.2, 0) is 4.79 Å². The summed E-state index contributed by atoms with van der Waals surface area (Å²) in [5, 5.41) is 23.8. The molecule has 12 heteroatoms. The smallest absolute Gasteiger partial charge is 0.282 e. The molecule has 1 aromatic heterocycles. The number of nitrogens with zero attached hydrogens (tertiary/aromatic N) is 3. The van der Waals surface area contributed by atoms with Crippen molar-refractivity contribution in [2.45, 2.75) is 4.34 Å². The molecule has 0 bridgehead atoms. The summed E-state index contributed by atoms with van der Waals surface area (Å²) in [7, 11) is 0. The fourth-order valence-corrected chi connectivity index (χ4v) is 3.75. The highest BCUT2D eigenvalue weighted by Crippen LogP contribution is 2.27. The van der Waals surface area contributed by atoms with Gasteiger partial charge >= 0.3 is 0 Å². The Morgan fingerprint density at radius 1 is 1.14 bits per heavy atom. The quantitative estimate of drug-likeness (QED) is 0.252. The van der Waals surface area contributed by atoms with Gasteiger partial charge < -0.3 is 5.32 Å². The average molecular weight is 433 g/mol. The first-order chi connectivity index (χ1) is 13.9. The van der Waals surface area contributed by atoms with E-state index in [1.165, 1.54) is 42.5 Å². The number of thioether (sulfide) groups is 1. The van der Waals surface area contributed by atoms with Crippen molar-refractivity contribution in [3.63, 3.8) is 0 Å². The van der Waals surface area contributed by atoms with Crippen molar-refractivity contribution in [3.05, 3.63) is 70.0 Å². The Balaban J connectivity index is 1.56. The van der Waals surface area contributed by atoms with Crippen LogP contribution in [0.5, 0.6) is 0 Å². The van der Waals surface area contributed by atoms with Crippen LogP contribution in [0.4, 0.5) is 20.9 Å². The number of amides is 2. The molecule has 2 N–H and O–H groups in total. The van der Waals surface area contributed by atoms with E-state index in [2.05, 4.69) is 20.8 Å². The van der Waals surface area contributed by atoms with E-state index in [1.807, 2.05) is 0 Å². The minimum atomic E-state index is -0.686. The van der Waals surface area contributed by atoms with Crippen LogP contribution in [0.1, 0.15) is 10.4 Å². The zero-order chi connectivity index (χ0) is 20.8. The number of nitro benzene ring substituents is 1. The largest absolute Gasteiger partial charge is 0.325 e. The fraction of sp³-hybridized carbons (Fsp3) is 0.0588. The molecule has 1 heterocycles. The third-order valence-electron chi connectivity index (χ3n) is 3.41. The molecule has 0 atom stereocenters. The first-order valence-corrected chi connectivity index (χ1v) is 9.79. The lowest BCUT2D eigenvalue weighted by molar-refractivity contribution is -0.385. The fourth-order valence-electron chi connectivity index (χ4n) is 2.20. The Bertz CT molecular complexity index is 1080. The number of nitrogens with one attached hydrogen (secondary N) is 2. The minimum Gasteiger partial charge on any atom is -0.325 e. The van der Waals surface area contributed by atoms with Gasteiger partial charge in [-0.15, -0.1) is 10.2 Å². The predicted molar refractivity (Wildman–Crippen MR) is 107 cm³/mol. The van der Waals surface area contributed by atoms with Gasteiger partial charge in [-0.25, -0.2) is 4.39 Å². The normalized spacial score (nSPS) is 10.4. The van der Waals surface area contributed by atoms with Gasteiger partial charge in [0, 0.05) is 11.8 Å². The second kappa shape index (κ2) is 9.21. The molecule has 0 spiro atoms. The molecule has 29 heavy (non-hydrogen) atoms. The third-order valence-corrected chi connectivity index (χ3v) is 5.38. The van der Waals surface area contributed by atoms with Gasteiger partial charge in [-0.2, -0.15) is 0 Å². The van der Waals surface area contributed by atoms with Gasteiger partial charge in [0.15, 0.2) is 4.34 Å². The summed E-state index contributed by atoms with van der Waals surface area (Å²) in [6.07, 6.45) is 0. The van der Waals surface area contributed by atoms with E-state index in [0.717, 1.165) is 23.1 Å². The van der Waals surface area contributed by atoms with Gasteiger partial charge in [-0.05, 0) is 24.3 Å². The monoisotopic (exact) mass is 433 g/mol. The Morgan fingerprint density at radius 3 is 2.69 bits per heavy atom. The summed E-state index contributed by atoms with van der Waals surface area (Å²) in [5.41, 5.74) is -0.0835. The average Bonchev–Trinajstić information content (AvgIpc) is 3.13. The van der Waals surface area contributed by atoms with Crippen LogP contribution in [0, 0.1) is 15.9 Å². The molecule has 0 radical (unpaired) electrons. The SMILES string of the molecule is O=C(CSc1nnc(NC(=O)c2ccccc2[N+](=O)[O-])s1)Nc1cccc(F)c1. The molecule has 0 fully saturated rings. The van der Waals surface area contributed by atoms with Crippen molar-refractivity contribution in [2.75, 3.05) is 16.4 Å². The number of aromatic nitrogens is 2. The summed E-state index contributed by atoms with van der Waals surface area (Å²) < 4.78 is 13.5. The zero-order valence-electron chi connectivity index (χ0n) is 14.5. The number of hydrogen-bond acceptors (Lipinski definition) is 8. The summed E-state index contributed by atoms with van der Waals surface area (Å²) in [6.45, 7) is 0. The van der Waals surface area contributed by atoms with E-state index >= 15 is 0 Å². The van der Waals surface area contributed by atoms with Crippen molar-refractivity contribution in [3.8, 4) is 0 Å². The molecule has 0 aliphatic heterocycles. The molecule has 148 valence electrons. The molecule has 2 amide bonds. The van der Waals surface area contributed by atoms with Crippen LogP contribution >= 0.6 is 23.1 Å². The highest BCUT2D eigenvalue weighted by molar-refractivity contribution is 8.01. The minimum absolute atomic E-state index is 0.00322. The van der Waals surface area contributed by atoms with Crippen molar-refractivity contribution in [1.82, 2.24) is 10.2 Å². The molecule has 3 aromatic rings. The van der Waals surface area contributed by atoms with Crippen LogP contribution in [0.3, 0.4) is 0 Å². The number of carbonyl (C=O) groups is 2. The van der Waals surface area contributed by atoms with E-state index in [-0.39, 0.29) is 28.0 Å². The van der Waals surface area contributed by atoms with Crippen LogP contribution in [0.2, 0.25) is 0 Å². The lowest BCUT2D eigenvalue weighted by Crippen LogP contribution is -2.14. The summed E-state index contributed by atoms with van der Waals surface area (Å²) >= 11 is 2.10. The van der Waals surface area contributed by atoms with E-state index in [0.29, 0.717) is 10.0 Å². The van der Waals surface area contributed by atoms with Crippen LogP contribution < -0.4 is 10.6 Å². The number of nitro groups is 1. The van der Waals surface area contributed by atoms with E-state index < -0.39 is 16.6 Å². The lowest BCUT2D eigenvalue weighted by Gasteiger charge is -2.03. The van der Waals surface area contributed by atoms with Gasteiger partial charge in [0.25, 0.3) is 11.6 Å². The highest BCUT2D eigenvalue weighted by atomic mass is 32.2. The molecule has 2 aromatic carbocycles. The Hall–Kier alpha value is -3.38. The summed E-state index contributed by atoms with van der Waals surface area (Å²) in [6, 6.07) is 11.1. The molecule has 3 rings (SSSR count). The Labute approximate surface area is 171 Å². The molecule has 0 saturated heterocycles. The number of rotatable bonds is 7. The molecule has 0 saturated carbocycles. The maximum Gasteiger partial charge on any atom is 0.282 e. The predicted octanol–water partition coefficient (Wildman–Crippen LogP) is 3.57. The summed E-state index contributed by atoms with van der Waals surface area (Å²) in [4.78, 5) is 34.6. The number of carbonyl (C=O) groups excluding carboxylic acids is 2. The van der Waals surface area contributed by atoms with E-state index in [1.54, 1.807) is 6.07 Å². The van der Waals surface area contributed by atoms with Gasteiger partial charge in [0.2, 0.25) is 11.0 Å². The van der Waals surface area contributed by atoms with Crippen molar-refractivity contribution >= 4 is 51.4 Å². The van der Waals surface area contributed by atoms with E-state index in [9.17, 15) is 24.1 Å². The summed E-state index contributed by atoms with van der Waals surface area (Å²) in [5.74, 6) is -1.50.